The molecule has 0 aromatic carbocycles. The van der Waals surface area contributed by atoms with Gasteiger partial charge < -0.3 is 0 Å². The number of rotatable bonds is 2. The number of carbonyl (C=O) groups is 1. The minimum absolute atomic E-state index is 0.114. The van der Waals surface area contributed by atoms with Gasteiger partial charge in [0, 0.05) is 29.5 Å². The highest BCUT2D eigenvalue weighted by Crippen LogP contribution is 2.27. The van der Waals surface area contributed by atoms with Crippen LogP contribution in [0.15, 0.2) is 16.7 Å². The largest absolute Gasteiger partial charge is 0.296 e. The van der Waals surface area contributed by atoms with Crippen molar-refractivity contribution in [3.05, 3.63) is 22.3 Å². The zero-order valence-electron chi connectivity index (χ0n) is 8.91. The molecule has 86 valence electrons. The molecule has 1 fully saturated rings. The molecular weight excluding hydrogens is 291 g/mol. The van der Waals surface area contributed by atoms with E-state index in [2.05, 4.69) is 20.9 Å². The van der Waals surface area contributed by atoms with Crippen LogP contribution in [0.5, 0.6) is 0 Å². The molecule has 1 unspecified atom stereocenters. The number of anilines is 1. The number of amides is 1. The van der Waals surface area contributed by atoms with Crippen molar-refractivity contribution in [3.63, 3.8) is 0 Å². The highest BCUT2D eigenvalue weighted by molar-refractivity contribution is 9.10. The molecule has 16 heavy (non-hydrogen) atoms. The number of alkyl halides is 1. The summed E-state index contributed by atoms with van der Waals surface area (Å²) in [7, 11) is 0. The van der Waals surface area contributed by atoms with Gasteiger partial charge in [-0.3, -0.25) is 9.69 Å². The average molecular weight is 304 g/mol. The van der Waals surface area contributed by atoms with E-state index in [1.54, 1.807) is 11.1 Å². The number of aromatic nitrogens is 1. The molecular formula is C11H12BrClN2O. The van der Waals surface area contributed by atoms with Crippen molar-refractivity contribution in [1.29, 1.82) is 0 Å². The third kappa shape index (κ3) is 2.23. The predicted octanol–water partition coefficient (Wildman–Crippen LogP) is 2.74. The topological polar surface area (TPSA) is 33.2 Å². The van der Waals surface area contributed by atoms with Crippen molar-refractivity contribution in [1.82, 2.24) is 4.98 Å². The van der Waals surface area contributed by atoms with E-state index in [-0.39, 0.29) is 11.8 Å². The van der Waals surface area contributed by atoms with Crippen LogP contribution < -0.4 is 4.90 Å². The fourth-order valence-corrected chi connectivity index (χ4v) is 2.56. The average Bonchev–Trinajstić information content (AvgIpc) is 2.60. The maximum absolute atomic E-state index is 11.8. The van der Waals surface area contributed by atoms with E-state index in [0.717, 1.165) is 15.9 Å². The fraction of sp³-hybridized carbons (Fsp3) is 0.455. The number of hydrogen-bond donors (Lipinski definition) is 0. The third-order valence-corrected chi connectivity index (χ3v) is 3.57. The van der Waals surface area contributed by atoms with Gasteiger partial charge in [-0.1, -0.05) is 0 Å². The van der Waals surface area contributed by atoms with E-state index < -0.39 is 0 Å². The van der Waals surface area contributed by atoms with Crippen LogP contribution in [0.2, 0.25) is 0 Å². The minimum atomic E-state index is 0.114. The summed E-state index contributed by atoms with van der Waals surface area (Å²) in [5.74, 6) is 1.64. The van der Waals surface area contributed by atoms with Crippen LogP contribution >= 0.6 is 27.5 Å². The summed E-state index contributed by atoms with van der Waals surface area (Å²) >= 11 is 9.14. The number of carbonyl (C=O) groups excluding carboxylic acids is 1. The Hall–Kier alpha value is -0.610. The molecule has 1 amide bonds. The summed E-state index contributed by atoms with van der Waals surface area (Å²) in [5, 5.41) is 0. The van der Waals surface area contributed by atoms with Crippen molar-refractivity contribution in [2.75, 3.05) is 17.3 Å². The molecule has 0 bridgehead atoms. The molecule has 5 heteroatoms. The zero-order chi connectivity index (χ0) is 11.7. The van der Waals surface area contributed by atoms with Crippen LogP contribution in [-0.4, -0.2) is 23.3 Å². The molecule has 3 nitrogen and oxygen atoms in total. The molecule has 1 aromatic rings. The van der Waals surface area contributed by atoms with E-state index in [4.69, 9.17) is 11.6 Å². The monoisotopic (exact) mass is 302 g/mol. The molecule has 0 spiro atoms. The lowest BCUT2D eigenvalue weighted by Gasteiger charge is -2.17. The number of nitrogens with zero attached hydrogens (tertiary/aromatic N) is 2. The van der Waals surface area contributed by atoms with E-state index >= 15 is 0 Å². The number of pyridine rings is 1. The molecule has 1 aliphatic heterocycles. The maximum Gasteiger partial charge on any atom is 0.228 e. The molecule has 1 aliphatic rings. The van der Waals surface area contributed by atoms with Crippen LogP contribution in [0.1, 0.15) is 12.0 Å². The Morgan fingerprint density at radius 1 is 1.69 bits per heavy atom. The van der Waals surface area contributed by atoms with Gasteiger partial charge in [-0.05, 0) is 40.4 Å². The van der Waals surface area contributed by atoms with Gasteiger partial charge in [0.25, 0.3) is 0 Å². The van der Waals surface area contributed by atoms with Gasteiger partial charge in [-0.2, -0.15) is 0 Å². The summed E-state index contributed by atoms with van der Waals surface area (Å²) in [6.45, 7) is 2.63. The van der Waals surface area contributed by atoms with Crippen LogP contribution in [0.4, 0.5) is 5.82 Å². The van der Waals surface area contributed by atoms with Crippen LogP contribution in [0.25, 0.3) is 0 Å². The number of aryl methyl sites for hydroxylation is 1. The Morgan fingerprint density at radius 3 is 3.00 bits per heavy atom. The quantitative estimate of drug-likeness (QED) is 0.787. The van der Waals surface area contributed by atoms with Gasteiger partial charge in [0.05, 0.1) is 0 Å². The highest BCUT2D eigenvalue weighted by atomic mass is 79.9. The van der Waals surface area contributed by atoms with E-state index in [9.17, 15) is 4.79 Å². The van der Waals surface area contributed by atoms with Gasteiger partial charge in [0.2, 0.25) is 5.91 Å². The van der Waals surface area contributed by atoms with Crippen molar-refractivity contribution >= 4 is 39.3 Å². The Balaban J connectivity index is 2.28. The predicted molar refractivity (Wildman–Crippen MR) is 67.9 cm³/mol. The summed E-state index contributed by atoms with van der Waals surface area (Å²) in [6.07, 6.45) is 2.24. The first kappa shape index (κ1) is 11.9. The van der Waals surface area contributed by atoms with Gasteiger partial charge in [0.1, 0.15) is 5.82 Å². The van der Waals surface area contributed by atoms with Gasteiger partial charge in [-0.15, -0.1) is 11.6 Å². The second-order valence-corrected chi connectivity index (χ2v) is 5.25. The molecule has 0 radical (unpaired) electrons. The van der Waals surface area contributed by atoms with Gasteiger partial charge >= 0.3 is 0 Å². The molecule has 0 saturated carbocycles. The van der Waals surface area contributed by atoms with E-state index in [0.29, 0.717) is 18.8 Å². The van der Waals surface area contributed by atoms with Gasteiger partial charge in [-0.25, -0.2) is 4.98 Å². The SMILES string of the molecule is Cc1cc(Br)cnc1N1CC(CCl)CC1=O. The molecule has 2 heterocycles. The van der Waals surface area contributed by atoms with Crippen LogP contribution in [-0.2, 0) is 4.79 Å². The summed E-state index contributed by atoms with van der Waals surface area (Å²) in [4.78, 5) is 17.8. The molecule has 1 saturated heterocycles. The Labute approximate surface area is 108 Å². The first-order valence-electron chi connectivity index (χ1n) is 5.10. The molecule has 0 N–H and O–H groups in total. The zero-order valence-corrected chi connectivity index (χ0v) is 11.3. The van der Waals surface area contributed by atoms with E-state index in [1.807, 2.05) is 13.0 Å². The molecule has 0 aliphatic carbocycles. The highest BCUT2D eigenvalue weighted by Gasteiger charge is 2.31. The molecule has 1 atom stereocenters. The number of hydrogen-bond acceptors (Lipinski definition) is 2. The van der Waals surface area contributed by atoms with E-state index in [1.165, 1.54) is 0 Å². The Bertz CT molecular complexity index is 424. The van der Waals surface area contributed by atoms with Crippen molar-refractivity contribution in [2.24, 2.45) is 5.92 Å². The van der Waals surface area contributed by atoms with Crippen molar-refractivity contribution in [3.8, 4) is 0 Å². The first-order valence-corrected chi connectivity index (χ1v) is 6.43. The smallest absolute Gasteiger partial charge is 0.228 e. The first-order chi connectivity index (χ1) is 7.61. The van der Waals surface area contributed by atoms with Gasteiger partial charge in [0.15, 0.2) is 0 Å². The Morgan fingerprint density at radius 2 is 2.44 bits per heavy atom. The van der Waals surface area contributed by atoms with Crippen LogP contribution in [0, 0.1) is 12.8 Å². The van der Waals surface area contributed by atoms with Crippen molar-refractivity contribution in [2.45, 2.75) is 13.3 Å². The lowest BCUT2D eigenvalue weighted by Crippen LogP contribution is -2.26. The molecule has 1 aromatic heterocycles. The summed E-state index contributed by atoms with van der Waals surface area (Å²) in [6, 6.07) is 1.96. The Kier molecular flexibility index (Phi) is 3.50. The summed E-state index contributed by atoms with van der Waals surface area (Å²) < 4.78 is 0.925. The fourth-order valence-electron chi connectivity index (χ4n) is 1.91. The van der Waals surface area contributed by atoms with Crippen LogP contribution in [0.3, 0.4) is 0 Å². The molecule has 2 rings (SSSR count). The minimum Gasteiger partial charge on any atom is -0.296 e. The maximum atomic E-state index is 11.8. The van der Waals surface area contributed by atoms with Crippen molar-refractivity contribution < 1.29 is 4.79 Å². The summed E-state index contributed by atoms with van der Waals surface area (Å²) in [5.41, 5.74) is 0.998. The third-order valence-electron chi connectivity index (χ3n) is 2.70. The number of halogens is 2. The lowest BCUT2D eigenvalue weighted by molar-refractivity contribution is -0.117. The second-order valence-electron chi connectivity index (χ2n) is 4.02. The standard InChI is InChI=1S/C11H12BrClN2O/c1-7-2-9(12)5-14-11(7)15-6-8(4-13)3-10(15)16/h2,5,8H,3-4,6H2,1H3. The normalized spacial score (nSPS) is 20.6. The lowest BCUT2D eigenvalue weighted by atomic mass is 10.1. The second kappa shape index (κ2) is 4.72.